The zero-order chi connectivity index (χ0) is 26.0. The molecule has 1 aromatic carbocycles. The summed E-state index contributed by atoms with van der Waals surface area (Å²) in [5, 5.41) is 5.93. The summed E-state index contributed by atoms with van der Waals surface area (Å²) in [4.78, 5) is 53.0. The lowest BCUT2D eigenvalue weighted by molar-refractivity contribution is -0.138. The molecule has 0 radical (unpaired) electrons. The number of hydrogen-bond donors (Lipinski definition) is 2. The Morgan fingerprint density at radius 2 is 1.56 bits per heavy atom. The second kappa shape index (κ2) is 10.3. The van der Waals surface area contributed by atoms with E-state index in [4.69, 9.17) is 11.6 Å². The summed E-state index contributed by atoms with van der Waals surface area (Å²) >= 11 is 7.13. The molecule has 4 rings (SSSR count). The first-order chi connectivity index (χ1) is 17.0. The van der Waals surface area contributed by atoms with Crippen molar-refractivity contribution in [2.45, 2.75) is 32.9 Å². The van der Waals surface area contributed by atoms with Crippen molar-refractivity contribution in [1.29, 1.82) is 0 Å². The van der Waals surface area contributed by atoms with Crippen LogP contribution in [0.5, 0.6) is 0 Å². The predicted molar refractivity (Wildman–Crippen MR) is 140 cm³/mol. The number of likely N-dealkylation sites (tertiary alicyclic amines) is 1. The number of pyridine rings is 1. The van der Waals surface area contributed by atoms with Gasteiger partial charge in [-0.1, -0.05) is 38.4 Å². The van der Waals surface area contributed by atoms with E-state index >= 15 is 0 Å². The van der Waals surface area contributed by atoms with Crippen molar-refractivity contribution in [2.24, 2.45) is 5.41 Å². The fourth-order valence-corrected chi connectivity index (χ4v) is 5.02. The number of benzene rings is 1. The van der Waals surface area contributed by atoms with Gasteiger partial charge in [0.05, 0.1) is 21.3 Å². The van der Waals surface area contributed by atoms with E-state index in [2.05, 4.69) is 10.6 Å². The normalized spacial score (nSPS) is 17.6. The van der Waals surface area contributed by atoms with Crippen LogP contribution >= 0.6 is 22.9 Å². The molecular formula is C26H27ClN4O4S. The van der Waals surface area contributed by atoms with Crippen LogP contribution < -0.4 is 16.2 Å². The van der Waals surface area contributed by atoms with Crippen molar-refractivity contribution in [2.75, 3.05) is 13.1 Å². The van der Waals surface area contributed by atoms with Gasteiger partial charge in [-0.2, -0.15) is 0 Å². The highest BCUT2D eigenvalue weighted by molar-refractivity contribution is 7.18. The molecular weight excluding hydrogens is 500 g/mol. The number of amides is 3. The first-order valence-electron chi connectivity index (χ1n) is 11.5. The van der Waals surface area contributed by atoms with Crippen LogP contribution in [0.25, 0.3) is 5.69 Å². The van der Waals surface area contributed by atoms with Gasteiger partial charge >= 0.3 is 0 Å². The van der Waals surface area contributed by atoms with E-state index in [0.29, 0.717) is 20.5 Å². The number of carbonyl (C=O) groups is 3. The fourth-order valence-electron chi connectivity index (χ4n) is 4.08. The number of halogens is 1. The minimum atomic E-state index is -0.597. The number of nitrogens with zero attached hydrogens (tertiary/aromatic N) is 2. The number of nitrogens with one attached hydrogen (secondary N) is 2. The quantitative estimate of drug-likeness (QED) is 0.532. The van der Waals surface area contributed by atoms with E-state index in [-0.39, 0.29) is 36.4 Å². The third-order valence-electron chi connectivity index (χ3n) is 5.91. The molecule has 188 valence electrons. The molecule has 3 heterocycles. The van der Waals surface area contributed by atoms with Crippen molar-refractivity contribution in [3.63, 3.8) is 0 Å². The lowest BCUT2D eigenvalue weighted by atomic mass is 9.95. The van der Waals surface area contributed by atoms with Crippen LogP contribution in [0, 0.1) is 5.41 Å². The summed E-state index contributed by atoms with van der Waals surface area (Å²) in [6.45, 7) is 6.06. The van der Waals surface area contributed by atoms with Gasteiger partial charge in [-0.25, -0.2) is 0 Å². The predicted octanol–water partition coefficient (Wildman–Crippen LogP) is 3.34. The molecule has 2 N–H and O–H groups in total. The van der Waals surface area contributed by atoms with Gasteiger partial charge in [-0.3, -0.25) is 23.7 Å². The molecule has 0 spiro atoms. The zero-order valence-electron chi connectivity index (χ0n) is 20.2. The van der Waals surface area contributed by atoms with Crippen molar-refractivity contribution >= 4 is 40.7 Å². The number of carbonyl (C=O) groups excluding carboxylic acids is 3. The van der Waals surface area contributed by atoms with E-state index in [1.165, 1.54) is 10.6 Å². The molecule has 0 bridgehead atoms. The van der Waals surface area contributed by atoms with E-state index in [1.807, 2.05) is 20.8 Å². The van der Waals surface area contributed by atoms with Gasteiger partial charge in [-0.15, -0.1) is 11.3 Å². The van der Waals surface area contributed by atoms with Gasteiger partial charge < -0.3 is 15.5 Å². The van der Waals surface area contributed by atoms with Gasteiger partial charge in [0.2, 0.25) is 5.91 Å². The zero-order valence-corrected chi connectivity index (χ0v) is 21.7. The molecule has 1 aliphatic heterocycles. The Labute approximate surface area is 217 Å². The lowest BCUT2D eigenvalue weighted by Crippen LogP contribution is -2.50. The fraction of sp³-hybridized carbons (Fsp3) is 0.308. The Bertz CT molecular complexity index is 1340. The van der Waals surface area contributed by atoms with Crippen LogP contribution in [0.1, 0.15) is 40.8 Å². The van der Waals surface area contributed by atoms with Crippen LogP contribution in [0.15, 0.2) is 65.6 Å². The molecule has 3 aromatic rings. The Balaban J connectivity index is 1.51. The summed E-state index contributed by atoms with van der Waals surface area (Å²) in [6, 6.07) is 13.9. The minimum absolute atomic E-state index is 0.0599. The number of thiophene rings is 1. The Morgan fingerprint density at radius 3 is 2.11 bits per heavy atom. The maximum atomic E-state index is 13.1. The smallest absolute Gasteiger partial charge is 0.261 e. The average molecular weight is 527 g/mol. The summed E-state index contributed by atoms with van der Waals surface area (Å²) in [5.41, 5.74) is 0.271. The summed E-state index contributed by atoms with van der Waals surface area (Å²) < 4.78 is 1.99. The maximum Gasteiger partial charge on any atom is 0.261 e. The Morgan fingerprint density at radius 1 is 0.917 bits per heavy atom. The van der Waals surface area contributed by atoms with Crippen LogP contribution in [0.2, 0.25) is 4.34 Å². The summed E-state index contributed by atoms with van der Waals surface area (Å²) in [7, 11) is 0. The number of rotatable bonds is 5. The maximum absolute atomic E-state index is 13.1. The molecule has 0 aliphatic carbocycles. The van der Waals surface area contributed by atoms with Gasteiger partial charge in [0.1, 0.15) is 0 Å². The van der Waals surface area contributed by atoms with Gasteiger partial charge in [0, 0.05) is 42.0 Å². The van der Waals surface area contributed by atoms with Crippen molar-refractivity contribution in [1.82, 2.24) is 20.1 Å². The molecule has 10 heteroatoms. The molecule has 2 aromatic heterocycles. The van der Waals surface area contributed by atoms with Crippen LogP contribution in [0.3, 0.4) is 0 Å². The highest BCUT2D eigenvalue weighted by Gasteiger charge is 2.40. The summed E-state index contributed by atoms with van der Waals surface area (Å²) in [6.07, 6.45) is 1.66. The van der Waals surface area contributed by atoms with E-state index in [1.54, 1.807) is 59.6 Å². The van der Waals surface area contributed by atoms with E-state index in [0.717, 1.165) is 11.3 Å². The van der Waals surface area contributed by atoms with Crippen molar-refractivity contribution in [3.8, 4) is 5.69 Å². The van der Waals surface area contributed by atoms with Gasteiger partial charge in [-0.05, 0) is 42.5 Å². The SMILES string of the molecule is CC(C)(C)C(=O)N1C[C@H](NC(=O)c2ccc(-n3ccccc3=O)cc2)[C@H](NC(=O)c2ccc(Cl)s2)C1. The third-order valence-corrected chi connectivity index (χ3v) is 7.14. The molecule has 36 heavy (non-hydrogen) atoms. The first kappa shape index (κ1) is 25.7. The topological polar surface area (TPSA) is 101 Å². The lowest BCUT2D eigenvalue weighted by Gasteiger charge is -2.25. The van der Waals surface area contributed by atoms with E-state index in [9.17, 15) is 19.2 Å². The second-order valence-corrected chi connectivity index (χ2v) is 11.4. The van der Waals surface area contributed by atoms with Crippen LogP contribution in [-0.2, 0) is 4.79 Å². The molecule has 1 aliphatic rings. The summed E-state index contributed by atoms with van der Waals surface area (Å²) in [5.74, 6) is -0.704. The minimum Gasteiger partial charge on any atom is -0.345 e. The van der Waals surface area contributed by atoms with Gasteiger partial charge in [0.15, 0.2) is 0 Å². The largest absolute Gasteiger partial charge is 0.345 e. The number of hydrogen-bond acceptors (Lipinski definition) is 5. The average Bonchev–Trinajstić information content (AvgIpc) is 3.44. The Kier molecular flexibility index (Phi) is 7.33. The molecule has 0 unspecified atom stereocenters. The second-order valence-electron chi connectivity index (χ2n) is 9.68. The van der Waals surface area contributed by atoms with Crippen molar-refractivity contribution < 1.29 is 14.4 Å². The van der Waals surface area contributed by atoms with Crippen molar-refractivity contribution in [3.05, 3.63) is 85.9 Å². The van der Waals surface area contributed by atoms with Crippen LogP contribution in [-0.4, -0.2) is 52.4 Å². The molecule has 1 fully saturated rings. The standard InChI is InChI=1S/C26H27ClN4O4S/c1-26(2,3)25(35)30-14-18(19(15-30)29-24(34)20-11-12-21(27)36-20)28-23(33)16-7-9-17(10-8-16)31-13-5-4-6-22(31)32/h4-13,18-19H,14-15H2,1-3H3,(H,28,33)(H,29,34)/t18-,19+/m0/s1. The molecule has 8 nitrogen and oxygen atoms in total. The Hall–Kier alpha value is -3.43. The number of aromatic nitrogens is 1. The molecule has 2 atom stereocenters. The highest BCUT2D eigenvalue weighted by Crippen LogP contribution is 2.24. The molecule has 1 saturated heterocycles. The third kappa shape index (κ3) is 5.68. The van der Waals surface area contributed by atoms with Gasteiger partial charge in [0.25, 0.3) is 17.4 Å². The van der Waals surface area contributed by atoms with Crippen LogP contribution in [0.4, 0.5) is 0 Å². The first-order valence-corrected chi connectivity index (χ1v) is 12.7. The molecule has 3 amide bonds. The monoisotopic (exact) mass is 526 g/mol. The van der Waals surface area contributed by atoms with E-state index < -0.39 is 17.5 Å². The highest BCUT2D eigenvalue weighted by atomic mass is 35.5. The molecule has 0 saturated carbocycles.